The Kier molecular flexibility index (Phi) is 3.38. The lowest BCUT2D eigenvalue weighted by Crippen LogP contribution is -2.36. The van der Waals surface area contributed by atoms with Gasteiger partial charge in [-0.2, -0.15) is 11.8 Å². The Hall–Kier alpha value is -0.550. The van der Waals surface area contributed by atoms with E-state index in [1.807, 2.05) is 11.8 Å². The topological polar surface area (TPSA) is 33.2 Å². The summed E-state index contributed by atoms with van der Waals surface area (Å²) in [6.45, 7) is 8.69. The Labute approximate surface area is 122 Å². The SMILES string of the molecule is CC1CN(c2nc3c(s2)C(=O)CC(C)(C)C3)CCS1. The number of thioether (sulfide) groups is 1. The average molecular weight is 296 g/mol. The molecule has 19 heavy (non-hydrogen) atoms. The molecule has 3 rings (SSSR count). The molecule has 0 spiro atoms. The number of aromatic nitrogens is 1. The van der Waals surface area contributed by atoms with Crippen LogP contribution in [0.2, 0.25) is 0 Å². The van der Waals surface area contributed by atoms with E-state index in [1.54, 1.807) is 11.3 Å². The first-order valence-electron chi connectivity index (χ1n) is 6.84. The van der Waals surface area contributed by atoms with E-state index in [0.717, 1.165) is 41.0 Å². The van der Waals surface area contributed by atoms with Crippen LogP contribution in [0.25, 0.3) is 0 Å². The zero-order valence-corrected chi connectivity index (χ0v) is 13.4. The van der Waals surface area contributed by atoms with Gasteiger partial charge in [-0.25, -0.2) is 4.98 Å². The zero-order valence-electron chi connectivity index (χ0n) is 11.7. The third-order valence-electron chi connectivity index (χ3n) is 3.74. The predicted molar refractivity (Wildman–Crippen MR) is 82.7 cm³/mol. The van der Waals surface area contributed by atoms with Gasteiger partial charge < -0.3 is 4.90 Å². The van der Waals surface area contributed by atoms with E-state index >= 15 is 0 Å². The first-order valence-corrected chi connectivity index (χ1v) is 8.71. The van der Waals surface area contributed by atoms with Gasteiger partial charge in [0.1, 0.15) is 0 Å². The second-order valence-electron chi connectivity index (χ2n) is 6.34. The van der Waals surface area contributed by atoms with Crippen molar-refractivity contribution < 1.29 is 4.79 Å². The highest BCUT2D eigenvalue weighted by Crippen LogP contribution is 2.39. The second kappa shape index (κ2) is 4.77. The van der Waals surface area contributed by atoms with E-state index in [4.69, 9.17) is 4.98 Å². The molecule has 1 unspecified atom stereocenters. The molecule has 2 aliphatic rings. The molecule has 3 nitrogen and oxygen atoms in total. The van der Waals surface area contributed by atoms with Crippen molar-refractivity contribution in [2.24, 2.45) is 5.41 Å². The summed E-state index contributed by atoms with van der Waals surface area (Å²) in [5.74, 6) is 1.44. The van der Waals surface area contributed by atoms with Gasteiger partial charge >= 0.3 is 0 Å². The highest BCUT2D eigenvalue weighted by molar-refractivity contribution is 8.00. The van der Waals surface area contributed by atoms with Crippen LogP contribution in [0.5, 0.6) is 0 Å². The number of carbonyl (C=O) groups is 1. The molecule has 104 valence electrons. The van der Waals surface area contributed by atoms with Gasteiger partial charge in [0.25, 0.3) is 0 Å². The van der Waals surface area contributed by atoms with Crippen molar-refractivity contribution in [3.8, 4) is 0 Å². The maximum absolute atomic E-state index is 12.2. The van der Waals surface area contributed by atoms with Gasteiger partial charge in [0.2, 0.25) is 0 Å². The maximum Gasteiger partial charge on any atom is 0.186 e. The van der Waals surface area contributed by atoms with Crippen LogP contribution >= 0.6 is 23.1 Å². The van der Waals surface area contributed by atoms with E-state index < -0.39 is 0 Å². The quantitative estimate of drug-likeness (QED) is 0.796. The number of Topliss-reactive ketones (excluding diaryl/α,β-unsaturated/α-hetero) is 1. The molecular formula is C14H20N2OS2. The summed E-state index contributed by atoms with van der Waals surface area (Å²) in [7, 11) is 0. The minimum Gasteiger partial charge on any atom is -0.346 e. The Bertz CT molecular complexity index is 510. The van der Waals surface area contributed by atoms with Crippen molar-refractivity contribution in [2.75, 3.05) is 23.7 Å². The number of nitrogens with zero attached hydrogens (tertiary/aromatic N) is 2. The van der Waals surface area contributed by atoms with E-state index in [1.165, 1.54) is 0 Å². The summed E-state index contributed by atoms with van der Waals surface area (Å²) in [6, 6.07) is 0. The number of ketones is 1. The molecule has 1 aliphatic carbocycles. The van der Waals surface area contributed by atoms with Crippen molar-refractivity contribution >= 4 is 34.0 Å². The van der Waals surface area contributed by atoms with Crippen molar-refractivity contribution in [1.29, 1.82) is 0 Å². The number of thiazole rings is 1. The molecule has 0 aromatic carbocycles. The monoisotopic (exact) mass is 296 g/mol. The van der Waals surface area contributed by atoms with Gasteiger partial charge in [-0.3, -0.25) is 4.79 Å². The molecule has 1 aliphatic heterocycles. The summed E-state index contributed by atoms with van der Waals surface area (Å²) < 4.78 is 0. The summed E-state index contributed by atoms with van der Waals surface area (Å²) in [6.07, 6.45) is 1.59. The zero-order chi connectivity index (χ0) is 13.6. The van der Waals surface area contributed by atoms with Crippen molar-refractivity contribution in [3.05, 3.63) is 10.6 Å². The van der Waals surface area contributed by atoms with Crippen LogP contribution in [0, 0.1) is 5.41 Å². The van der Waals surface area contributed by atoms with Crippen LogP contribution in [0.1, 0.15) is 42.6 Å². The fraction of sp³-hybridized carbons (Fsp3) is 0.714. The van der Waals surface area contributed by atoms with Gasteiger partial charge in [-0.15, -0.1) is 0 Å². The summed E-state index contributed by atoms with van der Waals surface area (Å²) in [4.78, 5) is 20.2. The molecule has 0 radical (unpaired) electrons. The highest BCUT2D eigenvalue weighted by Gasteiger charge is 2.34. The maximum atomic E-state index is 12.2. The summed E-state index contributed by atoms with van der Waals surface area (Å²) >= 11 is 3.63. The van der Waals surface area contributed by atoms with Gasteiger partial charge in [0, 0.05) is 30.5 Å². The number of hydrogen-bond acceptors (Lipinski definition) is 5. The van der Waals surface area contributed by atoms with Crippen molar-refractivity contribution in [2.45, 2.75) is 38.9 Å². The van der Waals surface area contributed by atoms with Crippen molar-refractivity contribution in [1.82, 2.24) is 4.98 Å². The van der Waals surface area contributed by atoms with Gasteiger partial charge in [-0.05, 0) is 11.8 Å². The summed E-state index contributed by atoms with van der Waals surface area (Å²) in [5.41, 5.74) is 1.10. The summed E-state index contributed by atoms with van der Waals surface area (Å²) in [5, 5.41) is 1.71. The number of hydrogen-bond donors (Lipinski definition) is 0. The predicted octanol–water partition coefficient (Wildman–Crippen LogP) is 3.24. The molecule has 1 saturated heterocycles. The Morgan fingerprint density at radius 3 is 2.89 bits per heavy atom. The number of anilines is 1. The lowest BCUT2D eigenvalue weighted by Gasteiger charge is -2.30. The molecule has 1 aromatic heterocycles. The van der Waals surface area contributed by atoms with Gasteiger partial charge in [-0.1, -0.05) is 32.1 Å². The Balaban J connectivity index is 1.88. The lowest BCUT2D eigenvalue weighted by atomic mass is 9.78. The molecule has 2 heterocycles. The van der Waals surface area contributed by atoms with Crippen LogP contribution in [0.4, 0.5) is 5.13 Å². The first-order chi connectivity index (χ1) is 8.94. The minimum absolute atomic E-state index is 0.0699. The van der Waals surface area contributed by atoms with E-state index in [0.29, 0.717) is 11.7 Å². The lowest BCUT2D eigenvalue weighted by molar-refractivity contribution is 0.0916. The normalized spacial score (nSPS) is 26.4. The number of carbonyl (C=O) groups excluding carboxylic acids is 1. The fourth-order valence-electron chi connectivity index (χ4n) is 2.84. The van der Waals surface area contributed by atoms with Crippen LogP contribution < -0.4 is 4.90 Å². The van der Waals surface area contributed by atoms with Crippen molar-refractivity contribution in [3.63, 3.8) is 0 Å². The molecular weight excluding hydrogens is 276 g/mol. The van der Waals surface area contributed by atoms with Gasteiger partial charge in [0.15, 0.2) is 10.9 Å². The standard InChI is InChI=1S/C14H20N2OS2/c1-9-8-16(4-5-18-9)13-15-10-6-14(2,3)7-11(17)12(10)19-13/h9H,4-8H2,1-3H3. The molecule has 5 heteroatoms. The third kappa shape index (κ3) is 2.68. The smallest absolute Gasteiger partial charge is 0.186 e. The Morgan fingerprint density at radius 2 is 2.16 bits per heavy atom. The van der Waals surface area contributed by atoms with Gasteiger partial charge in [0.05, 0.1) is 10.6 Å². The molecule has 0 bridgehead atoms. The molecule has 0 saturated carbocycles. The fourth-order valence-corrected chi connectivity index (χ4v) is 4.90. The molecule has 0 N–H and O–H groups in total. The highest BCUT2D eigenvalue weighted by atomic mass is 32.2. The van der Waals surface area contributed by atoms with E-state index in [-0.39, 0.29) is 11.2 Å². The number of rotatable bonds is 1. The second-order valence-corrected chi connectivity index (χ2v) is 8.86. The molecule has 1 fully saturated rings. The molecule has 0 amide bonds. The van der Waals surface area contributed by atoms with Crippen LogP contribution in [-0.2, 0) is 6.42 Å². The molecule has 1 atom stereocenters. The Morgan fingerprint density at radius 1 is 1.37 bits per heavy atom. The molecule has 1 aromatic rings. The van der Waals surface area contributed by atoms with Crippen LogP contribution in [-0.4, -0.2) is 34.9 Å². The van der Waals surface area contributed by atoms with E-state index in [9.17, 15) is 4.79 Å². The minimum atomic E-state index is 0.0699. The van der Waals surface area contributed by atoms with Crippen LogP contribution in [0.15, 0.2) is 0 Å². The van der Waals surface area contributed by atoms with E-state index in [2.05, 4.69) is 25.7 Å². The third-order valence-corrected chi connectivity index (χ3v) is 6.07. The first kappa shape index (κ1) is 13.4. The average Bonchev–Trinajstić information content (AvgIpc) is 2.71. The van der Waals surface area contributed by atoms with Crippen LogP contribution in [0.3, 0.4) is 0 Å². The largest absolute Gasteiger partial charge is 0.346 e. The number of fused-ring (bicyclic) bond motifs is 1.